The van der Waals surface area contributed by atoms with Crippen LogP contribution in [0.5, 0.6) is 0 Å². The fourth-order valence-corrected chi connectivity index (χ4v) is 1.76. The predicted molar refractivity (Wildman–Crippen MR) is 68.2 cm³/mol. The molecule has 0 aromatic rings. The molecule has 0 aliphatic carbocycles. The first-order valence-electron chi connectivity index (χ1n) is 6.20. The Hall–Kier alpha value is -0.120. The second-order valence-corrected chi connectivity index (χ2v) is 4.62. The zero-order valence-electron chi connectivity index (χ0n) is 11.0. The fraction of sp³-hybridized carbons (Fsp3) is 1.00. The van der Waals surface area contributed by atoms with E-state index in [4.69, 9.17) is 5.73 Å². The molecule has 0 saturated carbocycles. The molecule has 0 rings (SSSR count). The summed E-state index contributed by atoms with van der Waals surface area (Å²) in [5.41, 5.74) is 5.55. The Morgan fingerprint density at radius 3 is 2.27 bits per heavy atom. The molecule has 0 aromatic carbocycles. The minimum absolute atomic E-state index is 0.674. The summed E-state index contributed by atoms with van der Waals surface area (Å²) in [7, 11) is 4.27. The lowest BCUT2D eigenvalue weighted by Crippen LogP contribution is -2.38. The van der Waals surface area contributed by atoms with Crippen molar-refractivity contribution in [2.45, 2.75) is 39.2 Å². The number of hydrogen-bond donors (Lipinski definition) is 1. The van der Waals surface area contributed by atoms with E-state index in [9.17, 15) is 0 Å². The Bertz CT molecular complexity index is 137. The van der Waals surface area contributed by atoms with Crippen molar-refractivity contribution in [3.8, 4) is 0 Å². The maximum Gasteiger partial charge on any atom is 0.0112 e. The topological polar surface area (TPSA) is 32.5 Å². The number of nitrogens with two attached hydrogens (primary N) is 1. The van der Waals surface area contributed by atoms with Crippen LogP contribution >= 0.6 is 0 Å². The van der Waals surface area contributed by atoms with Gasteiger partial charge in [0, 0.05) is 19.1 Å². The summed E-state index contributed by atoms with van der Waals surface area (Å²) in [6.45, 7) is 8.91. The summed E-state index contributed by atoms with van der Waals surface area (Å²) < 4.78 is 0. The summed E-state index contributed by atoms with van der Waals surface area (Å²) >= 11 is 0. The third kappa shape index (κ3) is 7.77. The summed E-state index contributed by atoms with van der Waals surface area (Å²) in [5.74, 6) is 0. The molecule has 0 heterocycles. The van der Waals surface area contributed by atoms with Gasteiger partial charge in [0.15, 0.2) is 0 Å². The van der Waals surface area contributed by atoms with Crippen LogP contribution in [-0.2, 0) is 0 Å². The van der Waals surface area contributed by atoms with Gasteiger partial charge in [0.2, 0.25) is 0 Å². The van der Waals surface area contributed by atoms with Gasteiger partial charge in [-0.3, -0.25) is 4.90 Å². The zero-order valence-corrected chi connectivity index (χ0v) is 11.0. The van der Waals surface area contributed by atoms with E-state index in [1.54, 1.807) is 0 Å². The van der Waals surface area contributed by atoms with Crippen molar-refractivity contribution in [3.05, 3.63) is 0 Å². The van der Waals surface area contributed by atoms with Crippen molar-refractivity contribution in [2.75, 3.05) is 40.3 Å². The fourth-order valence-electron chi connectivity index (χ4n) is 1.76. The lowest BCUT2D eigenvalue weighted by atomic mass is 10.1. The van der Waals surface area contributed by atoms with Crippen LogP contribution in [0.3, 0.4) is 0 Å². The Labute approximate surface area is 95.6 Å². The standard InChI is InChI=1S/C12H29N3/c1-5-9-15(11-10-14(3)4)12(2)7-6-8-13/h12H,5-11,13H2,1-4H3. The highest BCUT2D eigenvalue weighted by Crippen LogP contribution is 2.06. The van der Waals surface area contributed by atoms with Gasteiger partial charge in [0.05, 0.1) is 0 Å². The van der Waals surface area contributed by atoms with Crippen LogP contribution in [0.25, 0.3) is 0 Å². The van der Waals surface area contributed by atoms with Gasteiger partial charge in [-0.05, 0) is 53.4 Å². The quantitative estimate of drug-likeness (QED) is 0.631. The number of nitrogens with zero attached hydrogens (tertiary/aromatic N) is 2. The van der Waals surface area contributed by atoms with Crippen molar-refractivity contribution in [3.63, 3.8) is 0 Å². The molecule has 1 unspecified atom stereocenters. The van der Waals surface area contributed by atoms with Gasteiger partial charge < -0.3 is 10.6 Å². The molecular formula is C12H29N3. The molecule has 0 aliphatic rings. The van der Waals surface area contributed by atoms with Crippen molar-refractivity contribution in [1.82, 2.24) is 9.80 Å². The minimum atomic E-state index is 0.674. The highest BCUT2D eigenvalue weighted by atomic mass is 15.2. The van der Waals surface area contributed by atoms with Crippen molar-refractivity contribution in [1.29, 1.82) is 0 Å². The van der Waals surface area contributed by atoms with Crippen molar-refractivity contribution in [2.24, 2.45) is 5.73 Å². The van der Waals surface area contributed by atoms with Gasteiger partial charge in [0.1, 0.15) is 0 Å². The van der Waals surface area contributed by atoms with E-state index >= 15 is 0 Å². The Morgan fingerprint density at radius 1 is 1.13 bits per heavy atom. The van der Waals surface area contributed by atoms with Crippen LogP contribution in [0.2, 0.25) is 0 Å². The van der Waals surface area contributed by atoms with E-state index in [1.807, 2.05) is 0 Å². The largest absolute Gasteiger partial charge is 0.330 e. The summed E-state index contributed by atoms with van der Waals surface area (Å²) in [5, 5.41) is 0. The van der Waals surface area contributed by atoms with Gasteiger partial charge in [-0.1, -0.05) is 6.92 Å². The smallest absolute Gasteiger partial charge is 0.0112 e. The SMILES string of the molecule is CCCN(CCN(C)C)C(C)CCCN. The number of rotatable bonds is 9. The molecule has 15 heavy (non-hydrogen) atoms. The first-order valence-corrected chi connectivity index (χ1v) is 6.20. The van der Waals surface area contributed by atoms with E-state index in [-0.39, 0.29) is 0 Å². The van der Waals surface area contributed by atoms with Crippen LogP contribution < -0.4 is 5.73 Å². The molecule has 0 bridgehead atoms. The third-order valence-corrected chi connectivity index (χ3v) is 2.79. The van der Waals surface area contributed by atoms with Crippen molar-refractivity contribution >= 4 is 0 Å². The van der Waals surface area contributed by atoms with Crippen molar-refractivity contribution < 1.29 is 0 Å². The molecule has 0 spiro atoms. The molecule has 0 fully saturated rings. The molecule has 2 N–H and O–H groups in total. The van der Waals surface area contributed by atoms with E-state index < -0.39 is 0 Å². The second-order valence-electron chi connectivity index (χ2n) is 4.62. The molecule has 3 nitrogen and oxygen atoms in total. The van der Waals surface area contributed by atoms with Gasteiger partial charge in [0.25, 0.3) is 0 Å². The summed E-state index contributed by atoms with van der Waals surface area (Å²) in [6.07, 6.45) is 3.60. The van der Waals surface area contributed by atoms with Crippen LogP contribution in [0, 0.1) is 0 Å². The van der Waals surface area contributed by atoms with Crippen LogP contribution in [0.4, 0.5) is 0 Å². The molecule has 1 atom stereocenters. The lowest BCUT2D eigenvalue weighted by molar-refractivity contribution is 0.180. The van der Waals surface area contributed by atoms with Crippen LogP contribution in [-0.4, -0.2) is 56.1 Å². The number of likely N-dealkylation sites (N-methyl/N-ethyl adjacent to an activating group) is 1. The summed E-state index contributed by atoms with van der Waals surface area (Å²) in [6, 6.07) is 0.674. The highest BCUT2D eigenvalue weighted by Gasteiger charge is 2.12. The highest BCUT2D eigenvalue weighted by molar-refractivity contribution is 4.68. The monoisotopic (exact) mass is 215 g/mol. The average Bonchev–Trinajstić information content (AvgIpc) is 2.20. The Morgan fingerprint density at radius 2 is 1.80 bits per heavy atom. The average molecular weight is 215 g/mol. The molecule has 0 radical (unpaired) electrons. The maximum absolute atomic E-state index is 5.55. The first kappa shape index (κ1) is 14.9. The van der Waals surface area contributed by atoms with Gasteiger partial charge >= 0.3 is 0 Å². The number of hydrogen-bond acceptors (Lipinski definition) is 3. The predicted octanol–water partition coefficient (Wildman–Crippen LogP) is 1.39. The third-order valence-electron chi connectivity index (χ3n) is 2.79. The summed E-state index contributed by atoms with van der Waals surface area (Å²) in [4.78, 5) is 4.83. The zero-order chi connectivity index (χ0) is 11.7. The van der Waals surface area contributed by atoms with E-state index in [2.05, 4.69) is 37.7 Å². The van der Waals surface area contributed by atoms with Gasteiger partial charge in [-0.15, -0.1) is 0 Å². The minimum Gasteiger partial charge on any atom is -0.330 e. The maximum atomic E-state index is 5.55. The van der Waals surface area contributed by atoms with E-state index in [0.29, 0.717) is 6.04 Å². The van der Waals surface area contributed by atoms with Crippen LogP contribution in [0.15, 0.2) is 0 Å². The van der Waals surface area contributed by atoms with Gasteiger partial charge in [-0.25, -0.2) is 0 Å². The molecular weight excluding hydrogens is 186 g/mol. The lowest BCUT2D eigenvalue weighted by Gasteiger charge is -2.29. The second kappa shape index (κ2) is 9.13. The van der Waals surface area contributed by atoms with Gasteiger partial charge in [-0.2, -0.15) is 0 Å². The molecule has 0 aliphatic heterocycles. The molecule has 0 aromatic heterocycles. The first-order chi connectivity index (χ1) is 7.11. The Balaban J connectivity index is 3.88. The normalized spacial score (nSPS) is 13.8. The molecule has 3 heteroatoms. The van der Waals surface area contributed by atoms with E-state index in [1.165, 1.54) is 25.9 Å². The molecule has 0 amide bonds. The van der Waals surface area contributed by atoms with Crippen LogP contribution in [0.1, 0.15) is 33.1 Å². The molecule has 92 valence electrons. The molecule has 0 saturated heterocycles. The van der Waals surface area contributed by atoms with E-state index in [0.717, 1.165) is 19.5 Å². The Kier molecular flexibility index (Phi) is 9.06.